The van der Waals surface area contributed by atoms with Crippen LogP contribution in [0.15, 0.2) is 65.5 Å². The molecule has 0 unspecified atom stereocenters. The number of benzene rings is 2. The minimum Gasteiger partial charge on any atom is -0.504 e. The monoisotopic (exact) mass is 462 g/mol. The quantitative estimate of drug-likeness (QED) is 0.377. The Balaban J connectivity index is 1.75. The summed E-state index contributed by atoms with van der Waals surface area (Å²) in [4.78, 5) is 28.3. The molecular formula is C26H23ClN2O4. The van der Waals surface area contributed by atoms with Crippen LogP contribution in [0.3, 0.4) is 0 Å². The van der Waals surface area contributed by atoms with Gasteiger partial charge in [-0.1, -0.05) is 67.4 Å². The van der Waals surface area contributed by atoms with E-state index in [1.54, 1.807) is 24.3 Å². The van der Waals surface area contributed by atoms with Crippen molar-refractivity contribution in [1.29, 1.82) is 0 Å². The molecule has 168 valence electrons. The van der Waals surface area contributed by atoms with Gasteiger partial charge in [0.15, 0.2) is 5.75 Å². The lowest BCUT2D eigenvalue weighted by atomic mass is 9.99. The number of rotatable bonds is 7. The van der Waals surface area contributed by atoms with Crippen molar-refractivity contribution in [2.24, 2.45) is 0 Å². The molecule has 6 nitrogen and oxygen atoms in total. The zero-order valence-electron chi connectivity index (χ0n) is 18.1. The second-order valence-corrected chi connectivity index (χ2v) is 8.29. The number of aromatic hydroxyl groups is 1. The average Bonchev–Trinajstić information content (AvgIpc) is 3.07. The first-order valence-electron chi connectivity index (χ1n) is 10.7. The molecule has 0 saturated heterocycles. The van der Waals surface area contributed by atoms with Crippen LogP contribution in [-0.4, -0.2) is 25.7 Å². The SMILES string of the molecule is CCCCc1nc2cc(O)c(=O)c(Cl)cc2n1Cc1ccc(-c2ccccc2C(=O)O)cc1. The van der Waals surface area contributed by atoms with Crippen molar-refractivity contribution in [3.05, 3.63) is 92.9 Å². The Labute approximate surface area is 195 Å². The van der Waals surface area contributed by atoms with Crippen molar-refractivity contribution in [3.63, 3.8) is 0 Å². The van der Waals surface area contributed by atoms with Crippen LogP contribution >= 0.6 is 11.6 Å². The van der Waals surface area contributed by atoms with Gasteiger partial charge in [0.2, 0.25) is 5.43 Å². The molecule has 7 heteroatoms. The first-order valence-corrected chi connectivity index (χ1v) is 11.1. The van der Waals surface area contributed by atoms with Crippen LogP contribution in [-0.2, 0) is 13.0 Å². The van der Waals surface area contributed by atoms with Gasteiger partial charge in [-0.3, -0.25) is 4.79 Å². The minimum atomic E-state index is -0.967. The van der Waals surface area contributed by atoms with Gasteiger partial charge in [-0.2, -0.15) is 0 Å². The summed E-state index contributed by atoms with van der Waals surface area (Å²) >= 11 is 6.13. The Bertz CT molecular complexity index is 1390. The van der Waals surface area contributed by atoms with Crippen LogP contribution in [0.1, 0.15) is 41.5 Å². The molecule has 3 aromatic carbocycles. The van der Waals surface area contributed by atoms with E-state index < -0.39 is 17.1 Å². The van der Waals surface area contributed by atoms with Gasteiger partial charge in [0.05, 0.1) is 21.6 Å². The Morgan fingerprint density at radius 3 is 2.52 bits per heavy atom. The molecule has 1 heterocycles. The summed E-state index contributed by atoms with van der Waals surface area (Å²) in [6.07, 6.45) is 2.71. The molecule has 0 atom stereocenters. The zero-order valence-corrected chi connectivity index (χ0v) is 18.8. The molecule has 4 aromatic rings. The third kappa shape index (κ3) is 4.61. The van der Waals surface area contributed by atoms with Crippen LogP contribution in [0.5, 0.6) is 5.75 Å². The summed E-state index contributed by atoms with van der Waals surface area (Å²) in [6.45, 7) is 2.60. The van der Waals surface area contributed by atoms with E-state index in [0.29, 0.717) is 23.1 Å². The number of halogens is 1. The van der Waals surface area contributed by atoms with Crippen molar-refractivity contribution in [2.45, 2.75) is 32.7 Å². The molecule has 0 spiro atoms. The minimum absolute atomic E-state index is 0.0636. The van der Waals surface area contributed by atoms with Gasteiger partial charge < -0.3 is 14.8 Å². The number of imidazole rings is 1. The summed E-state index contributed by atoms with van der Waals surface area (Å²) in [5.41, 5.74) is 3.26. The summed E-state index contributed by atoms with van der Waals surface area (Å²) in [6, 6.07) is 17.5. The third-order valence-electron chi connectivity index (χ3n) is 5.62. The molecule has 33 heavy (non-hydrogen) atoms. The predicted molar refractivity (Wildman–Crippen MR) is 129 cm³/mol. The van der Waals surface area contributed by atoms with E-state index in [0.717, 1.165) is 36.2 Å². The van der Waals surface area contributed by atoms with E-state index >= 15 is 0 Å². The topological polar surface area (TPSA) is 92.4 Å². The molecule has 0 aliphatic heterocycles. The van der Waals surface area contributed by atoms with Gasteiger partial charge in [-0.25, -0.2) is 9.78 Å². The van der Waals surface area contributed by atoms with Gasteiger partial charge in [0.1, 0.15) is 5.82 Å². The third-order valence-corrected chi connectivity index (χ3v) is 5.90. The maximum atomic E-state index is 12.1. The lowest BCUT2D eigenvalue weighted by molar-refractivity contribution is 0.0697. The fourth-order valence-electron chi connectivity index (χ4n) is 3.89. The number of carboxylic acid groups (broad SMARTS) is 1. The largest absolute Gasteiger partial charge is 0.504 e. The molecule has 0 saturated carbocycles. The van der Waals surface area contributed by atoms with Crippen LogP contribution in [0.25, 0.3) is 22.2 Å². The van der Waals surface area contributed by atoms with Crippen molar-refractivity contribution in [3.8, 4) is 16.9 Å². The predicted octanol–water partition coefficient (Wildman–Crippen LogP) is 5.51. The van der Waals surface area contributed by atoms with E-state index in [9.17, 15) is 19.8 Å². The summed E-state index contributed by atoms with van der Waals surface area (Å²) < 4.78 is 2.01. The van der Waals surface area contributed by atoms with Crippen molar-refractivity contribution in [2.75, 3.05) is 0 Å². The highest BCUT2D eigenvalue weighted by molar-refractivity contribution is 6.31. The lowest BCUT2D eigenvalue weighted by Crippen LogP contribution is -2.06. The fraction of sp³-hybridized carbons (Fsp3) is 0.192. The number of carbonyl (C=O) groups is 1. The van der Waals surface area contributed by atoms with E-state index in [-0.39, 0.29) is 10.6 Å². The van der Waals surface area contributed by atoms with E-state index in [4.69, 9.17) is 11.6 Å². The summed E-state index contributed by atoms with van der Waals surface area (Å²) in [5.74, 6) is -0.546. The fourth-order valence-corrected chi connectivity index (χ4v) is 4.09. The Morgan fingerprint density at radius 1 is 1.09 bits per heavy atom. The normalized spacial score (nSPS) is 11.1. The Kier molecular flexibility index (Phi) is 6.47. The number of carboxylic acids is 1. The number of aromatic carboxylic acids is 1. The number of aryl methyl sites for hydroxylation is 1. The maximum Gasteiger partial charge on any atom is 0.336 e. The average molecular weight is 463 g/mol. The van der Waals surface area contributed by atoms with Gasteiger partial charge >= 0.3 is 5.97 Å². The van der Waals surface area contributed by atoms with E-state index in [1.807, 2.05) is 34.9 Å². The van der Waals surface area contributed by atoms with Crippen molar-refractivity contribution >= 4 is 28.6 Å². The lowest BCUT2D eigenvalue weighted by Gasteiger charge is -2.11. The van der Waals surface area contributed by atoms with Gasteiger partial charge in [0, 0.05) is 19.0 Å². The molecule has 0 aliphatic carbocycles. The highest BCUT2D eigenvalue weighted by Crippen LogP contribution is 2.26. The molecule has 4 rings (SSSR count). The molecule has 2 N–H and O–H groups in total. The molecule has 0 bridgehead atoms. The summed E-state index contributed by atoms with van der Waals surface area (Å²) in [7, 11) is 0. The number of unbranched alkanes of at least 4 members (excludes halogenated alkanes) is 1. The number of nitrogens with zero attached hydrogens (tertiary/aromatic N) is 2. The van der Waals surface area contributed by atoms with Gasteiger partial charge in [-0.05, 0) is 35.2 Å². The van der Waals surface area contributed by atoms with Crippen LogP contribution in [0.2, 0.25) is 5.02 Å². The first kappa shape index (κ1) is 22.6. The molecular weight excluding hydrogens is 440 g/mol. The van der Waals surface area contributed by atoms with Crippen LogP contribution in [0, 0.1) is 0 Å². The van der Waals surface area contributed by atoms with Crippen molar-refractivity contribution in [1.82, 2.24) is 9.55 Å². The standard InChI is InChI=1S/C26H23ClN2O4/c1-2-3-8-24-28-21-14-23(30)25(31)20(27)13-22(21)29(24)15-16-9-11-17(12-10-16)18-6-4-5-7-19(18)26(32)33/h4-7,9-14H,2-3,8,15H2,1H3,(H,30,31)(H,32,33). The highest BCUT2D eigenvalue weighted by atomic mass is 35.5. The second-order valence-electron chi connectivity index (χ2n) is 7.89. The van der Waals surface area contributed by atoms with Gasteiger partial charge in [-0.15, -0.1) is 0 Å². The first-order chi connectivity index (χ1) is 15.9. The number of hydrogen-bond acceptors (Lipinski definition) is 4. The van der Waals surface area contributed by atoms with Crippen LogP contribution in [0.4, 0.5) is 0 Å². The van der Waals surface area contributed by atoms with Crippen molar-refractivity contribution < 1.29 is 15.0 Å². The molecule has 0 radical (unpaired) electrons. The zero-order chi connectivity index (χ0) is 23.5. The van der Waals surface area contributed by atoms with E-state index in [2.05, 4.69) is 11.9 Å². The Hall–Kier alpha value is -3.64. The van der Waals surface area contributed by atoms with E-state index in [1.165, 1.54) is 6.07 Å². The highest BCUT2D eigenvalue weighted by Gasteiger charge is 2.15. The number of aromatic nitrogens is 2. The Morgan fingerprint density at radius 2 is 1.82 bits per heavy atom. The molecule has 0 amide bonds. The summed E-state index contributed by atoms with van der Waals surface area (Å²) in [5, 5.41) is 19.4. The number of hydrogen-bond donors (Lipinski definition) is 2. The molecule has 1 aromatic heterocycles. The number of fused-ring (bicyclic) bond motifs is 1. The second kappa shape index (κ2) is 9.46. The smallest absolute Gasteiger partial charge is 0.336 e. The van der Waals surface area contributed by atoms with Gasteiger partial charge in [0.25, 0.3) is 0 Å². The molecule has 0 aliphatic rings. The van der Waals surface area contributed by atoms with Crippen LogP contribution < -0.4 is 5.43 Å². The maximum absolute atomic E-state index is 12.1. The molecule has 0 fully saturated rings.